The first-order valence-corrected chi connectivity index (χ1v) is 8.14. The molecule has 1 aromatic carbocycles. The van der Waals surface area contributed by atoms with Gasteiger partial charge in [0.15, 0.2) is 0 Å². The smallest absolute Gasteiger partial charge is 0.314 e. The molecule has 24 heavy (non-hydrogen) atoms. The van der Waals surface area contributed by atoms with E-state index in [-0.39, 0.29) is 10.6 Å². The van der Waals surface area contributed by atoms with Gasteiger partial charge in [-0.25, -0.2) is 4.98 Å². The van der Waals surface area contributed by atoms with Gasteiger partial charge in [-0.3, -0.25) is 10.1 Å². The molecule has 1 aliphatic rings. The number of nitrogens with zero attached hydrogens (tertiary/aromatic N) is 3. The van der Waals surface area contributed by atoms with E-state index in [0.29, 0.717) is 37.3 Å². The van der Waals surface area contributed by atoms with Crippen molar-refractivity contribution in [3.63, 3.8) is 0 Å². The fraction of sp³-hybridized carbons (Fsp3) is 0.389. The van der Waals surface area contributed by atoms with Crippen molar-refractivity contribution in [2.45, 2.75) is 31.8 Å². The predicted octanol–water partition coefficient (Wildman–Crippen LogP) is 3.18. The number of benzene rings is 1. The topological polar surface area (TPSA) is 79.5 Å². The van der Waals surface area contributed by atoms with Crippen LogP contribution in [-0.4, -0.2) is 28.1 Å². The van der Waals surface area contributed by atoms with Crippen molar-refractivity contribution >= 4 is 11.5 Å². The van der Waals surface area contributed by atoms with E-state index in [0.717, 1.165) is 12.0 Å². The number of nitro groups is 1. The first-order chi connectivity index (χ1) is 11.5. The first kappa shape index (κ1) is 16.4. The van der Waals surface area contributed by atoms with Crippen LogP contribution in [0.5, 0.6) is 0 Å². The van der Waals surface area contributed by atoms with Crippen molar-refractivity contribution in [1.29, 1.82) is 0 Å². The lowest BCUT2D eigenvalue weighted by atomic mass is 9.87. The molecule has 1 fully saturated rings. The maximum Gasteiger partial charge on any atom is 0.314 e. The Balaban J connectivity index is 1.87. The van der Waals surface area contributed by atoms with Crippen LogP contribution in [0.3, 0.4) is 0 Å². The normalized spacial score (nSPS) is 21.3. The minimum Gasteiger partial charge on any atom is -0.385 e. The van der Waals surface area contributed by atoms with Gasteiger partial charge in [-0.2, -0.15) is 0 Å². The van der Waals surface area contributed by atoms with E-state index in [1.807, 2.05) is 35.2 Å². The van der Waals surface area contributed by atoms with Gasteiger partial charge in [0.05, 0.1) is 10.5 Å². The predicted molar refractivity (Wildman–Crippen MR) is 92.0 cm³/mol. The van der Waals surface area contributed by atoms with Crippen LogP contribution < -0.4 is 4.90 Å². The quantitative estimate of drug-likeness (QED) is 0.692. The Labute approximate surface area is 140 Å². The lowest BCUT2D eigenvalue weighted by molar-refractivity contribution is -0.384. The highest BCUT2D eigenvalue weighted by atomic mass is 16.6. The molecular formula is C18H21N3O3. The van der Waals surface area contributed by atoms with E-state index in [9.17, 15) is 15.2 Å². The third kappa shape index (κ3) is 3.10. The number of hydrogen-bond donors (Lipinski definition) is 1. The molecule has 0 aliphatic carbocycles. The van der Waals surface area contributed by atoms with Crippen LogP contribution in [0.1, 0.15) is 30.4 Å². The van der Waals surface area contributed by atoms with Crippen LogP contribution in [-0.2, 0) is 5.60 Å². The maximum atomic E-state index is 11.4. The zero-order valence-electron chi connectivity index (χ0n) is 13.7. The second-order valence-corrected chi connectivity index (χ2v) is 6.30. The molecule has 0 bridgehead atoms. The zero-order chi connectivity index (χ0) is 17.2. The van der Waals surface area contributed by atoms with Crippen molar-refractivity contribution in [3.8, 4) is 0 Å². The molecule has 1 atom stereocenters. The molecule has 0 unspecified atom stereocenters. The average Bonchev–Trinajstić information content (AvgIpc) is 2.78. The first-order valence-electron chi connectivity index (χ1n) is 8.14. The van der Waals surface area contributed by atoms with E-state index < -0.39 is 5.60 Å². The Morgan fingerprint density at radius 3 is 2.67 bits per heavy atom. The fourth-order valence-corrected chi connectivity index (χ4v) is 3.36. The van der Waals surface area contributed by atoms with E-state index in [1.54, 1.807) is 19.2 Å². The molecule has 1 N–H and O–H groups in total. The molecule has 6 nitrogen and oxygen atoms in total. The Hall–Kier alpha value is -2.47. The number of aliphatic hydroxyl groups is 1. The number of aryl methyl sites for hydroxylation is 1. The molecule has 0 radical (unpaired) electrons. The van der Waals surface area contributed by atoms with E-state index in [1.165, 1.54) is 0 Å². The molecule has 1 aliphatic heterocycles. The summed E-state index contributed by atoms with van der Waals surface area (Å²) in [7, 11) is 0. The number of rotatable bonds is 3. The van der Waals surface area contributed by atoms with Gasteiger partial charge in [-0.15, -0.1) is 0 Å². The van der Waals surface area contributed by atoms with Gasteiger partial charge in [0.2, 0.25) is 5.82 Å². The molecule has 3 rings (SSSR count). The molecule has 6 heteroatoms. The minimum atomic E-state index is -0.894. The summed E-state index contributed by atoms with van der Waals surface area (Å²) in [6, 6.07) is 11.3. The Morgan fingerprint density at radius 2 is 1.96 bits per heavy atom. The Kier molecular flexibility index (Phi) is 4.49. The van der Waals surface area contributed by atoms with Crippen molar-refractivity contribution in [2.75, 3.05) is 18.0 Å². The second kappa shape index (κ2) is 6.57. The zero-order valence-corrected chi connectivity index (χ0v) is 13.7. The van der Waals surface area contributed by atoms with Gasteiger partial charge in [-0.05, 0) is 37.8 Å². The number of hydrogen-bond acceptors (Lipinski definition) is 5. The van der Waals surface area contributed by atoms with Crippen LogP contribution in [0.2, 0.25) is 0 Å². The standard InChI is InChI=1S/C18H21N3O3/c1-14-8-11-19-17(16(14)21(23)24)20-12-5-9-18(22,10-13-20)15-6-3-2-4-7-15/h2-4,6-8,11,22H,5,9-10,12-13H2,1H3/t18-/m1/s1. The van der Waals surface area contributed by atoms with Gasteiger partial charge >= 0.3 is 5.69 Å². The van der Waals surface area contributed by atoms with Crippen molar-refractivity contribution < 1.29 is 10.0 Å². The summed E-state index contributed by atoms with van der Waals surface area (Å²) in [6.07, 6.45) is 3.50. The van der Waals surface area contributed by atoms with Crippen molar-refractivity contribution in [2.24, 2.45) is 0 Å². The monoisotopic (exact) mass is 327 g/mol. The summed E-state index contributed by atoms with van der Waals surface area (Å²) in [5, 5.41) is 22.4. The SMILES string of the molecule is Cc1ccnc(N2CCC[C@](O)(c3ccccc3)CC2)c1[N+](=O)[O-]. The summed E-state index contributed by atoms with van der Waals surface area (Å²) in [4.78, 5) is 17.2. The lowest BCUT2D eigenvalue weighted by Gasteiger charge is -2.27. The third-order valence-electron chi connectivity index (χ3n) is 4.71. The maximum absolute atomic E-state index is 11.4. The van der Waals surface area contributed by atoms with Gasteiger partial charge in [-0.1, -0.05) is 30.3 Å². The van der Waals surface area contributed by atoms with Gasteiger partial charge in [0, 0.05) is 24.8 Å². The van der Waals surface area contributed by atoms with Crippen LogP contribution in [0.25, 0.3) is 0 Å². The molecule has 0 amide bonds. The van der Waals surface area contributed by atoms with Crippen LogP contribution >= 0.6 is 0 Å². The largest absolute Gasteiger partial charge is 0.385 e. The second-order valence-electron chi connectivity index (χ2n) is 6.30. The molecule has 2 heterocycles. The molecule has 0 saturated carbocycles. The Bertz CT molecular complexity index is 736. The fourth-order valence-electron chi connectivity index (χ4n) is 3.36. The molecule has 1 aromatic heterocycles. The molecular weight excluding hydrogens is 306 g/mol. The van der Waals surface area contributed by atoms with Crippen LogP contribution in [0.4, 0.5) is 11.5 Å². The summed E-state index contributed by atoms with van der Waals surface area (Å²) in [5.41, 5.74) is 0.669. The number of pyridine rings is 1. The van der Waals surface area contributed by atoms with Crippen LogP contribution in [0.15, 0.2) is 42.6 Å². The highest BCUT2D eigenvalue weighted by Crippen LogP contribution is 2.36. The Morgan fingerprint density at radius 1 is 1.21 bits per heavy atom. The average molecular weight is 327 g/mol. The highest BCUT2D eigenvalue weighted by molar-refractivity contribution is 5.61. The summed E-state index contributed by atoms with van der Waals surface area (Å²) >= 11 is 0. The van der Waals surface area contributed by atoms with Crippen LogP contribution in [0, 0.1) is 17.0 Å². The lowest BCUT2D eigenvalue weighted by Crippen LogP contribution is -2.30. The van der Waals surface area contributed by atoms with Crippen molar-refractivity contribution in [3.05, 3.63) is 63.8 Å². The molecule has 0 spiro atoms. The van der Waals surface area contributed by atoms with Gasteiger partial charge in [0.25, 0.3) is 0 Å². The number of aromatic nitrogens is 1. The third-order valence-corrected chi connectivity index (χ3v) is 4.71. The summed E-state index contributed by atoms with van der Waals surface area (Å²) in [5.74, 6) is 0.400. The minimum absolute atomic E-state index is 0.0580. The highest BCUT2D eigenvalue weighted by Gasteiger charge is 2.34. The van der Waals surface area contributed by atoms with E-state index in [4.69, 9.17) is 0 Å². The number of anilines is 1. The van der Waals surface area contributed by atoms with E-state index >= 15 is 0 Å². The van der Waals surface area contributed by atoms with Gasteiger partial charge < -0.3 is 10.0 Å². The van der Waals surface area contributed by atoms with Gasteiger partial charge in [0.1, 0.15) is 0 Å². The summed E-state index contributed by atoms with van der Waals surface area (Å²) < 4.78 is 0. The molecule has 1 saturated heterocycles. The molecule has 126 valence electrons. The molecule has 2 aromatic rings. The summed E-state index contributed by atoms with van der Waals surface area (Å²) in [6.45, 7) is 2.90. The van der Waals surface area contributed by atoms with E-state index in [2.05, 4.69) is 4.98 Å². The van der Waals surface area contributed by atoms with Crippen molar-refractivity contribution in [1.82, 2.24) is 4.98 Å².